The van der Waals surface area contributed by atoms with Crippen molar-refractivity contribution in [2.24, 2.45) is 0 Å². The summed E-state index contributed by atoms with van der Waals surface area (Å²) in [7, 11) is 0. The zero-order chi connectivity index (χ0) is 16.8. The van der Waals surface area contributed by atoms with Crippen LogP contribution in [0.4, 0.5) is 0 Å². The fraction of sp³-hybridized carbons (Fsp3) is 0.190. The van der Waals surface area contributed by atoms with E-state index in [4.69, 9.17) is 4.98 Å². The van der Waals surface area contributed by atoms with Gasteiger partial charge in [0.1, 0.15) is 0 Å². The van der Waals surface area contributed by atoms with Crippen LogP contribution >= 0.6 is 0 Å². The number of aromatic amines is 1. The first-order valence-electron chi connectivity index (χ1n) is 8.71. The van der Waals surface area contributed by atoms with Gasteiger partial charge in [-0.25, -0.2) is 9.97 Å². The molecule has 25 heavy (non-hydrogen) atoms. The molecule has 4 heteroatoms. The number of benzene rings is 1. The SMILES string of the molecule is C=Cc1ccc(-c2nc3cnc4[nH]ncc4c3c3c2CCCC3)cc1. The van der Waals surface area contributed by atoms with Crippen molar-refractivity contribution in [3.8, 4) is 11.3 Å². The zero-order valence-corrected chi connectivity index (χ0v) is 13.9. The molecular weight excluding hydrogens is 308 g/mol. The molecule has 122 valence electrons. The monoisotopic (exact) mass is 326 g/mol. The van der Waals surface area contributed by atoms with Crippen LogP contribution in [0.3, 0.4) is 0 Å². The lowest BCUT2D eigenvalue weighted by Gasteiger charge is -2.21. The topological polar surface area (TPSA) is 54.5 Å². The maximum atomic E-state index is 5.01. The molecule has 0 amide bonds. The third kappa shape index (κ3) is 2.18. The predicted molar refractivity (Wildman–Crippen MR) is 101 cm³/mol. The van der Waals surface area contributed by atoms with Gasteiger partial charge in [-0.3, -0.25) is 5.10 Å². The van der Waals surface area contributed by atoms with Crippen molar-refractivity contribution in [3.63, 3.8) is 0 Å². The molecule has 1 aliphatic carbocycles. The summed E-state index contributed by atoms with van der Waals surface area (Å²) >= 11 is 0. The molecule has 0 atom stereocenters. The molecule has 0 radical (unpaired) electrons. The number of pyridine rings is 2. The highest BCUT2D eigenvalue weighted by atomic mass is 15.1. The van der Waals surface area contributed by atoms with Gasteiger partial charge in [0.15, 0.2) is 5.65 Å². The number of fused-ring (bicyclic) bond motifs is 5. The Balaban J connectivity index is 1.84. The van der Waals surface area contributed by atoms with Gasteiger partial charge < -0.3 is 0 Å². The number of nitrogens with one attached hydrogen (secondary N) is 1. The quantitative estimate of drug-likeness (QED) is 0.581. The Kier molecular flexibility index (Phi) is 3.17. The van der Waals surface area contributed by atoms with Gasteiger partial charge in [-0.1, -0.05) is 36.9 Å². The average molecular weight is 326 g/mol. The number of aryl methyl sites for hydroxylation is 1. The number of nitrogens with zero attached hydrogens (tertiary/aromatic N) is 3. The summed E-state index contributed by atoms with van der Waals surface area (Å²) in [6.07, 6.45) is 10.2. The van der Waals surface area contributed by atoms with E-state index in [0.29, 0.717) is 0 Å². The normalized spacial score (nSPS) is 13.9. The Morgan fingerprint density at radius 1 is 1.00 bits per heavy atom. The van der Waals surface area contributed by atoms with Crippen molar-refractivity contribution < 1.29 is 0 Å². The molecule has 1 aromatic carbocycles. The second-order valence-electron chi connectivity index (χ2n) is 6.60. The molecule has 4 nitrogen and oxygen atoms in total. The Labute approximate surface area is 145 Å². The molecule has 3 heterocycles. The summed E-state index contributed by atoms with van der Waals surface area (Å²) in [6.45, 7) is 3.84. The minimum Gasteiger partial charge on any atom is -0.261 e. The summed E-state index contributed by atoms with van der Waals surface area (Å²) in [5.74, 6) is 0. The molecule has 0 fully saturated rings. The van der Waals surface area contributed by atoms with Gasteiger partial charge in [0.05, 0.1) is 23.6 Å². The summed E-state index contributed by atoms with van der Waals surface area (Å²) < 4.78 is 0. The van der Waals surface area contributed by atoms with Crippen LogP contribution in [0, 0.1) is 0 Å². The summed E-state index contributed by atoms with van der Waals surface area (Å²) in [5.41, 5.74) is 8.00. The summed E-state index contributed by atoms with van der Waals surface area (Å²) in [6, 6.07) is 8.48. The highest BCUT2D eigenvalue weighted by molar-refractivity contribution is 6.06. The predicted octanol–water partition coefficient (Wildman–Crippen LogP) is 4.69. The highest BCUT2D eigenvalue weighted by Crippen LogP contribution is 2.37. The minimum absolute atomic E-state index is 0.838. The van der Waals surface area contributed by atoms with Gasteiger partial charge in [-0.05, 0) is 42.4 Å². The van der Waals surface area contributed by atoms with E-state index >= 15 is 0 Å². The van der Waals surface area contributed by atoms with Crippen LogP contribution in [0.5, 0.6) is 0 Å². The molecule has 0 bridgehead atoms. The fourth-order valence-corrected chi connectivity index (χ4v) is 3.94. The molecule has 1 N–H and O–H groups in total. The highest BCUT2D eigenvalue weighted by Gasteiger charge is 2.21. The van der Waals surface area contributed by atoms with Crippen LogP contribution in [-0.4, -0.2) is 20.2 Å². The van der Waals surface area contributed by atoms with Gasteiger partial charge in [0.25, 0.3) is 0 Å². The van der Waals surface area contributed by atoms with Gasteiger partial charge >= 0.3 is 0 Å². The van der Waals surface area contributed by atoms with E-state index in [1.54, 1.807) is 0 Å². The molecule has 5 rings (SSSR count). The minimum atomic E-state index is 0.838. The second-order valence-corrected chi connectivity index (χ2v) is 6.60. The lowest BCUT2D eigenvalue weighted by molar-refractivity contribution is 0.689. The van der Waals surface area contributed by atoms with E-state index in [-0.39, 0.29) is 0 Å². The van der Waals surface area contributed by atoms with Crippen LogP contribution in [-0.2, 0) is 12.8 Å². The van der Waals surface area contributed by atoms with Crippen molar-refractivity contribution in [1.29, 1.82) is 0 Å². The maximum absolute atomic E-state index is 5.01. The van der Waals surface area contributed by atoms with Crippen molar-refractivity contribution in [1.82, 2.24) is 20.2 Å². The van der Waals surface area contributed by atoms with E-state index in [1.807, 2.05) is 18.5 Å². The number of H-pyrrole nitrogens is 1. The maximum Gasteiger partial charge on any atom is 0.155 e. The lowest BCUT2D eigenvalue weighted by atomic mass is 9.86. The van der Waals surface area contributed by atoms with Crippen LogP contribution in [0.2, 0.25) is 0 Å². The molecule has 0 unspecified atom stereocenters. The first-order valence-corrected chi connectivity index (χ1v) is 8.71. The van der Waals surface area contributed by atoms with Crippen LogP contribution < -0.4 is 0 Å². The van der Waals surface area contributed by atoms with Gasteiger partial charge in [-0.15, -0.1) is 0 Å². The van der Waals surface area contributed by atoms with E-state index < -0.39 is 0 Å². The van der Waals surface area contributed by atoms with Crippen LogP contribution in [0.1, 0.15) is 29.5 Å². The smallest absolute Gasteiger partial charge is 0.155 e. The van der Waals surface area contributed by atoms with Crippen molar-refractivity contribution in [2.45, 2.75) is 25.7 Å². The standard InChI is InChI=1S/C21H18N4/c1-2-13-7-9-14(10-8-13)20-16-6-4-3-5-15(16)19-17-11-23-25-21(17)22-12-18(19)24-20/h2,7-12H,1,3-6H2,(H,22,23,25). The van der Waals surface area contributed by atoms with E-state index in [9.17, 15) is 0 Å². The molecule has 3 aromatic heterocycles. The Hall–Kier alpha value is -3.01. The summed E-state index contributed by atoms with van der Waals surface area (Å²) in [5, 5.41) is 9.46. The number of rotatable bonds is 2. The number of hydrogen-bond acceptors (Lipinski definition) is 3. The second kappa shape index (κ2) is 5.52. The average Bonchev–Trinajstić information content (AvgIpc) is 3.16. The van der Waals surface area contributed by atoms with E-state index in [1.165, 1.54) is 29.4 Å². The van der Waals surface area contributed by atoms with Crippen molar-refractivity contribution >= 4 is 28.0 Å². The Morgan fingerprint density at radius 3 is 2.60 bits per heavy atom. The van der Waals surface area contributed by atoms with Crippen molar-refractivity contribution in [2.75, 3.05) is 0 Å². The van der Waals surface area contributed by atoms with E-state index in [2.05, 4.69) is 46.0 Å². The molecule has 0 spiro atoms. The number of aromatic nitrogens is 4. The van der Waals surface area contributed by atoms with Gasteiger partial charge in [-0.2, -0.15) is 5.10 Å². The molecular formula is C21H18N4. The molecule has 0 saturated carbocycles. The molecule has 0 saturated heterocycles. The first-order chi connectivity index (χ1) is 12.3. The molecule has 4 aromatic rings. The Bertz CT molecular complexity index is 1110. The largest absolute Gasteiger partial charge is 0.261 e. The van der Waals surface area contributed by atoms with E-state index in [0.717, 1.165) is 46.2 Å². The van der Waals surface area contributed by atoms with Crippen LogP contribution in [0.25, 0.3) is 39.3 Å². The number of hydrogen-bond donors (Lipinski definition) is 1. The summed E-state index contributed by atoms with van der Waals surface area (Å²) in [4.78, 5) is 9.50. The third-order valence-corrected chi connectivity index (χ3v) is 5.17. The fourth-order valence-electron chi connectivity index (χ4n) is 3.94. The van der Waals surface area contributed by atoms with Crippen LogP contribution in [0.15, 0.2) is 43.2 Å². The zero-order valence-electron chi connectivity index (χ0n) is 13.9. The lowest BCUT2D eigenvalue weighted by Crippen LogP contribution is -2.08. The van der Waals surface area contributed by atoms with Gasteiger partial charge in [0, 0.05) is 16.3 Å². The molecule has 0 aliphatic heterocycles. The molecule has 1 aliphatic rings. The Morgan fingerprint density at radius 2 is 1.80 bits per heavy atom. The van der Waals surface area contributed by atoms with Crippen molar-refractivity contribution in [3.05, 3.63) is 59.9 Å². The van der Waals surface area contributed by atoms with Gasteiger partial charge in [0.2, 0.25) is 0 Å². The third-order valence-electron chi connectivity index (χ3n) is 5.17. The first kappa shape index (κ1) is 14.3.